The Hall–Kier alpha value is -2.66. The molecule has 176 valence electrons. The predicted octanol–water partition coefficient (Wildman–Crippen LogP) is 4.84. The SMILES string of the molecule is Cc1cccc2sc(N(Cc3ccccn3)C(=O)C3CCCCN3S(=O)(=O)c3cccs3)nc12. The van der Waals surface area contributed by atoms with Crippen LogP contribution < -0.4 is 4.90 Å². The van der Waals surface area contributed by atoms with Gasteiger partial charge in [-0.05, 0) is 55.0 Å². The summed E-state index contributed by atoms with van der Waals surface area (Å²) in [5, 5.41) is 2.30. The van der Waals surface area contributed by atoms with Crippen LogP contribution in [0.15, 0.2) is 64.3 Å². The van der Waals surface area contributed by atoms with Gasteiger partial charge >= 0.3 is 0 Å². The van der Waals surface area contributed by atoms with Gasteiger partial charge in [-0.25, -0.2) is 13.4 Å². The maximum atomic E-state index is 14.1. The van der Waals surface area contributed by atoms with Crippen LogP contribution in [0.4, 0.5) is 5.13 Å². The fourth-order valence-electron chi connectivity index (χ4n) is 4.23. The molecule has 3 aromatic heterocycles. The number of amides is 1. The highest BCUT2D eigenvalue weighted by Crippen LogP contribution is 2.34. The smallest absolute Gasteiger partial charge is 0.253 e. The minimum atomic E-state index is -3.76. The molecule has 34 heavy (non-hydrogen) atoms. The number of carbonyl (C=O) groups is 1. The Kier molecular flexibility index (Phi) is 6.48. The lowest BCUT2D eigenvalue weighted by Crippen LogP contribution is -2.52. The molecule has 0 aliphatic carbocycles. The number of aromatic nitrogens is 2. The third kappa shape index (κ3) is 4.38. The first-order chi connectivity index (χ1) is 16.4. The monoisotopic (exact) mass is 512 g/mol. The van der Waals surface area contributed by atoms with Crippen LogP contribution in [0, 0.1) is 6.92 Å². The number of thiophene rings is 1. The van der Waals surface area contributed by atoms with E-state index in [0.717, 1.165) is 34.3 Å². The highest BCUT2D eigenvalue weighted by molar-refractivity contribution is 7.91. The molecule has 1 atom stereocenters. The van der Waals surface area contributed by atoms with E-state index in [2.05, 4.69) is 4.98 Å². The number of para-hydroxylation sites is 1. The quantitative estimate of drug-likeness (QED) is 0.369. The van der Waals surface area contributed by atoms with Crippen molar-refractivity contribution in [1.82, 2.24) is 14.3 Å². The number of pyridine rings is 1. The van der Waals surface area contributed by atoms with Gasteiger partial charge in [-0.15, -0.1) is 11.3 Å². The summed E-state index contributed by atoms with van der Waals surface area (Å²) in [5.74, 6) is -0.262. The van der Waals surface area contributed by atoms with Gasteiger partial charge in [-0.3, -0.25) is 14.7 Å². The van der Waals surface area contributed by atoms with Gasteiger partial charge in [0.2, 0.25) is 5.91 Å². The van der Waals surface area contributed by atoms with Crippen molar-refractivity contribution in [3.63, 3.8) is 0 Å². The highest BCUT2D eigenvalue weighted by Gasteiger charge is 2.41. The molecular formula is C24H24N4O3S3. The third-order valence-corrected chi connectivity index (χ3v) is 10.3. The van der Waals surface area contributed by atoms with E-state index in [0.29, 0.717) is 18.1 Å². The summed E-state index contributed by atoms with van der Waals surface area (Å²) < 4.78 is 29.4. The van der Waals surface area contributed by atoms with Crippen LogP contribution in [0.3, 0.4) is 0 Å². The summed E-state index contributed by atoms with van der Waals surface area (Å²) in [5.41, 5.74) is 2.60. The molecule has 7 nitrogen and oxygen atoms in total. The van der Waals surface area contributed by atoms with Crippen LogP contribution >= 0.6 is 22.7 Å². The Bertz CT molecular complexity index is 1400. The normalized spacial score (nSPS) is 17.1. The number of aryl methyl sites for hydroxylation is 1. The number of piperidine rings is 1. The fourth-order valence-corrected chi connectivity index (χ4v) is 8.05. The average Bonchev–Trinajstić information content (AvgIpc) is 3.54. The minimum Gasteiger partial charge on any atom is -0.281 e. The molecular weight excluding hydrogens is 488 g/mol. The number of hydrogen-bond donors (Lipinski definition) is 0. The van der Waals surface area contributed by atoms with E-state index in [-0.39, 0.29) is 16.7 Å². The molecule has 0 bridgehead atoms. The van der Waals surface area contributed by atoms with E-state index in [1.54, 1.807) is 28.6 Å². The number of benzene rings is 1. The van der Waals surface area contributed by atoms with Gasteiger partial charge < -0.3 is 0 Å². The lowest BCUT2D eigenvalue weighted by atomic mass is 10.0. The van der Waals surface area contributed by atoms with Crippen molar-refractivity contribution in [3.05, 3.63) is 71.4 Å². The molecule has 0 radical (unpaired) electrons. The molecule has 0 N–H and O–H groups in total. The first-order valence-corrected chi connectivity index (χ1v) is 14.2. The standard InChI is InChI=1S/C24H24N4O3S3/c1-17-8-6-11-20-22(17)26-24(33-20)27(16-18-9-2-4-13-25-18)23(29)19-10-3-5-14-28(19)34(30,31)21-12-7-15-32-21/h2,4,6-9,11-13,15,19H,3,5,10,14,16H2,1H3. The van der Waals surface area contributed by atoms with Crippen LogP contribution in [0.5, 0.6) is 0 Å². The fraction of sp³-hybridized carbons (Fsp3) is 0.292. The molecule has 10 heteroatoms. The Morgan fingerprint density at radius 3 is 2.76 bits per heavy atom. The number of thiazole rings is 1. The maximum Gasteiger partial charge on any atom is 0.253 e. The van der Waals surface area contributed by atoms with E-state index in [1.165, 1.54) is 27.0 Å². The van der Waals surface area contributed by atoms with E-state index >= 15 is 0 Å². The molecule has 4 aromatic rings. The van der Waals surface area contributed by atoms with Gasteiger partial charge in [0.15, 0.2) is 5.13 Å². The Morgan fingerprint density at radius 1 is 1.15 bits per heavy atom. The summed E-state index contributed by atoms with van der Waals surface area (Å²) in [6.45, 7) is 2.54. The van der Waals surface area contributed by atoms with Gasteiger partial charge in [0.25, 0.3) is 10.0 Å². The van der Waals surface area contributed by atoms with Gasteiger partial charge in [-0.2, -0.15) is 4.31 Å². The van der Waals surface area contributed by atoms with Crippen molar-refractivity contribution in [2.75, 3.05) is 11.4 Å². The number of anilines is 1. The van der Waals surface area contributed by atoms with Crippen molar-refractivity contribution in [2.24, 2.45) is 0 Å². The van der Waals surface area contributed by atoms with E-state index < -0.39 is 16.1 Å². The lowest BCUT2D eigenvalue weighted by Gasteiger charge is -2.35. The second kappa shape index (κ2) is 9.53. The first kappa shape index (κ1) is 23.1. The average molecular weight is 513 g/mol. The summed E-state index contributed by atoms with van der Waals surface area (Å²) in [7, 11) is -3.76. The molecule has 1 amide bonds. The number of sulfonamides is 1. The Morgan fingerprint density at radius 2 is 2.03 bits per heavy atom. The van der Waals surface area contributed by atoms with E-state index in [4.69, 9.17) is 4.98 Å². The van der Waals surface area contributed by atoms with Crippen molar-refractivity contribution in [3.8, 4) is 0 Å². The molecule has 4 heterocycles. The number of hydrogen-bond acceptors (Lipinski definition) is 7. The second-order valence-corrected chi connectivity index (χ2v) is 12.3. The van der Waals surface area contributed by atoms with Gasteiger partial charge in [0.1, 0.15) is 10.3 Å². The summed E-state index contributed by atoms with van der Waals surface area (Å²) in [6.07, 6.45) is 3.69. The largest absolute Gasteiger partial charge is 0.281 e. The predicted molar refractivity (Wildman–Crippen MR) is 136 cm³/mol. The molecule has 1 aromatic carbocycles. The van der Waals surface area contributed by atoms with Gasteiger partial charge in [0, 0.05) is 12.7 Å². The van der Waals surface area contributed by atoms with Crippen LogP contribution in [0.1, 0.15) is 30.5 Å². The molecule has 0 spiro atoms. The van der Waals surface area contributed by atoms with E-state index in [1.807, 2.05) is 43.3 Å². The van der Waals surface area contributed by atoms with Crippen LogP contribution in [0.2, 0.25) is 0 Å². The number of fused-ring (bicyclic) bond motifs is 1. The van der Waals surface area contributed by atoms with Gasteiger partial charge in [-0.1, -0.05) is 42.0 Å². The minimum absolute atomic E-state index is 0.224. The molecule has 1 fully saturated rings. The number of carbonyl (C=O) groups excluding carboxylic acids is 1. The number of rotatable bonds is 6. The molecule has 5 rings (SSSR count). The zero-order chi connectivity index (χ0) is 23.7. The molecule has 1 aliphatic rings. The maximum absolute atomic E-state index is 14.1. The zero-order valence-corrected chi connectivity index (χ0v) is 21.1. The second-order valence-electron chi connectivity index (χ2n) is 8.22. The van der Waals surface area contributed by atoms with Crippen molar-refractivity contribution >= 4 is 54.0 Å². The zero-order valence-electron chi connectivity index (χ0n) is 18.6. The number of nitrogens with zero attached hydrogens (tertiary/aromatic N) is 4. The molecule has 1 saturated heterocycles. The van der Waals surface area contributed by atoms with Crippen molar-refractivity contribution in [1.29, 1.82) is 0 Å². The first-order valence-electron chi connectivity index (χ1n) is 11.1. The summed E-state index contributed by atoms with van der Waals surface area (Å²) in [4.78, 5) is 24.9. The van der Waals surface area contributed by atoms with Crippen molar-refractivity contribution in [2.45, 2.75) is 43.0 Å². The van der Waals surface area contributed by atoms with Crippen LogP contribution in [-0.4, -0.2) is 41.2 Å². The van der Waals surface area contributed by atoms with Crippen LogP contribution in [-0.2, 0) is 21.4 Å². The summed E-state index contributed by atoms with van der Waals surface area (Å²) in [6, 6.07) is 14.1. The molecule has 1 aliphatic heterocycles. The van der Waals surface area contributed by atoms with Crippen molar-refractivity contribution < 1.29 is 13.2 Å². The Labute approximate surface area is 206 Å². The third-order valence-electron chi connectivity index (χ3n) is 5.95. The lowest BCUT2D eigenvalue weighted by molar-refractivity contribution is -0.123. The van der Waals surface area contributed by atoms with E-state index in [9.17, 15) is 13.2 Å². The molecule has 0 saturated carbocycles. The Balaban J connectivity index is 1.55. The highest BCUT2D eigenvalue weighted by atomic mass is 32.2. The molecule has 1 unspecified atom stereocenters. The van der Waals surface area contributed by atoms with Gasteiger partial charge in [0.05, 0.1) is 22.5 Å². The topological polar surface area (TPSA) is 83.5 Å². The summed E-state index contributed by atoms with van der Waals surface area (Å²) >= 11 is 2.61. The van der Waals surface area contributed by atoms with Crippen LogP contribution in [0.25, 0.3) is 10.2 Å².